The van der Waals surface area contributed by atoms with Crippen molar-refractivity contribution in [2.75, 3.05) is 41.6 Å². The van der Waals surface area contributed by atoms with Gasteiger partial charge in [0.15, 0.2) is 0 Å². The topological polar surface area (TPSA) is 96.7 Å². The summed E-state index contributed by atoms with van der Waals surface area (Å²) in [6.45, 7) is 3.26. The van der Waals surface area contributed by atoms with Crippen LogP contribution in [0.15, 0.2) is 47.4 Å². The van der Waals surface area contributed by atoms with E-state index in [4.69, 9.17) is 10.5 Å². The molecule has 1 fully saturated rings. The molecule has 0 bridgehead atoms. The second-order valence-corrected chi connectivity index (χ2v) is 8.60. The molecule has 1 aliphatic heterocycles. The Morgan fingerprint density at radius 3 is 2.67 bits per heavy atom. The van der Waals surface area contributed by atoms with Crippen LogP contribution < -0.4 is 25.4 Å². The van der Waals surface area contributed by atoms with E-state index in [0.29, 0.717) is 29.8 Å². The maximum atomic E-state index is 12.5. The summed E-state index contributed by atoms with van der Waals surface area (Å²) >= 11 is 0. The SMILES string of the molecule is Nc1ccc(S(=O)(=O)Nc2ccc3c(c2)OCCN3CCNC2CC2)cc1. The van der Waals surface area contributed by atoms with Crippen molar-refractivity contribution in [1.29, 1.82) is 0 Å². The highest BCUT2D eigenvalue weighted by atomic mass is 32.2. The van der Waals surface area contributed by atoms with Gasteiger partial charge in [0.2, 0.25) is 0 Å². The quantitative estimate of drug-likeness (QED) is 0.628. The average Bonchev–Trinajstić information content (AvgIpc) is 3.46. The van der Waals surface area contributed by atoms with Gasteiger partial charge in [-0.3, -0.25) is 4.72 Å². The number of sulfonamides is 1. The van der Waals surface area contributed by atoms with E-state index in [2.05, 4.69) is 14.9 Å². The fourth-order valence-corrected chi connectivity index (χ4v) is 4.17. The third-order valence-corrected chi connectivity index (χ3v) is 6.15. The molecule has 144 valence electrons. The molecule has 8 heteroatoms. The van der Waals surface area contributed by atoms with Gasteiger partial charge < -0.3 is 20.7 Å². The number of nitrogen functional groups attached to an aromatic ring is 1. The van der Waals surface area contributed by atoms with Crippen molar-refractivity contribution in [3.05, 3.63) is 42.5 Å². The van der Waals surface area contributed by atoms with E-state index in [1.165, 1.54) is 25.0 Å². The molecule has 0 amide bonds. The zero-order valence-corrected chi connectivity index (χ0v) is 15.8. The minimum Gasteiger partial charge on any atom is -0.489 e. The minimum absolute atomic E-state index is 0.170. The Balaban J connectivity index is 1.47. The zero-order chi connectivity index (χ0) is 18.9. The van der Waals surface area contributed by atoms with E-state index in [9.17, 15) is 8.42 Å². The fraction of sp³-hybridized carbons (Fsp3) is 0.368. The molecule has 2 aromatic carbocycles. The molecule has 1 saturated carbocycles. The smallest absolute Gasteiger partial charge is 0.261 e. The zero-order valence-electron chi connectivity index (χ0n) is 15.0. The van der Waals surface area contributed by atoms with Crippen molar-refractivity contribution in [2.24, 2.45) is 0 Å². The van der Waals surface area contributed by atoms with E-state index in [-0.39, 0.29) is 4.90 Å². The Morgan fingerprint density at radius 1 is 1.15 bits per heavy atom. The van der Waals surface area contributed by atoms with E-state index < -0.39 is 10.0 Å². The molecular formula is C19H24N4O3S. The molecule has 2 aromatic rings. The maximum Gasteiger partial charge on any atom is 0.261 e. The Kier molecular flexibility index (Phi) is 4.84. The van der Waals surface area contributed by atoms with E-state index >= 15 is 0 Å². The molecule has 0 radical (unpaired) electrons. The summed E-state index contributed by atoms with van der Waals surface area (Å²) in [6, 6.07) is 12.2. The highest BCUT2D eigenvalue weighted by Crippen LogP contribution is 2.34. The normalized spacial score (nSPS) is 16.5. The fourth-order valence-electron chi connectivity index (χ4n) is 3.13. The van der Waals surface area contributed by atoms with Crippen LogP contribution in [0, 0.1) is 0 Å². The molecule has 0 atom stereocenters. The monoisotopic (exact) mass is 388 g/mol. The molecule has 0 saturated heterocycles. The lowest BCUT2D eigenvalue weighted by Gasteiger charge is -2.31. The molecule has 27 heavy (non-hydrogen) atoms. The van der Waals surface area contributed by atoms with Crippen LogP contribution in [-0.2, 0) is 10.0 Å². The molecule has 0 unspecified atom stereocenters. The number of benzene rings is 2. The first kappa shape index (κ1) is 17.9. The van der Waals surface area contributed by atoms with Crippen molar-refractivity contribution in [3.8, 4) is 5.75 Å². The second kappa shape index (κ2) is 7.28. The van der Waals surface area contributed by atoms with Crippen molar-refractivity contribution >= 4 is 27.1 Å². The first-order valence-electron chi connectivity index (χ1n) is 9.15. The van der Waals surface area contributed by atoms with Gasteiger partial charge in [0, 0.05) is 30.9 Å². The van der Waals surface area contributed by atoms with Crippen LogP contribution in [0.4, 0.5) is 17.1 Å². The molecule has 0 aromatic heterocycles. The Hall–Kier alpha value is -2.45. The number of hydrogen-bond acceptors (Lipinski definition) is 6. The average molecular weight is 388 g/mol. The number of nitrogens with one attached hydrogen (secondary N) is 2. The predicted octanol–water partition coefficient (Wildman–Crippen LogP) is 2.02. The number of nitrogens with zero attached hydrogens (tertiary/aromatic N) is 1. The summed E-state index contributed by atoms with van der Waals surface area (Å²) < 4.78 is 33.5. The van der Waals surface area contributed by atoms with Crippen molar-refractivity contribution in [2.45, 2.75) is 23.8 Å². The Bertz CT molecular complexity index is 911. The van der Waals surface area contributed by atoms with Crippen LogP contribution in [0.25, 0.3) is 0 Å². The van der Waals surface area contributed by atoms with Gasteiger partial charge in [-0.1, -0.05) is 0 Å². The third kappa shape index (κ3) is 4.28. The van der Waals surface area contributed by atoms with E-state index in [1.807, 2.05) is 6.07 Å². The minimum atomic E-state index is -3.67. The number of hydrogen-bond donors (Lipinski definition) is 3. The van der Waals surface area contributed by atoms with Crippen molar-refractivity contribution in [1.82, 2.24) is 5.32 Å². The molecule has 7 nitrogen and oxygen atoms in total. The van der Waals surface area contributed by atoms with Gasteiger partial charge in [-0.25, -0.2) is 8.42 Å². The van der Waals surface area contributed by atoms with Crippen LogP contribution in [0.5, 0.6) is 5.75 Å². The largest absolute Gasteiger partial charge is 0.489 e. The Morgan fingerprint density at radius 2 is 1.93 bits per heavy atom. The molecular weight excluding hydrogens is 364 g/mol. The summed E-state index contributed by atoms with van der Waals surface area (Å²) in [7, 11) is -3.67. The summed E-state index contributed by atoms with van der Waals surface area (Å²) in [4.78, 5) is 2.44. The number of ether oxygens (including phenoxy) is 1. The molecule has 1 aliphatic carbocycles. The van der Waals surface area contributed by atoms with Crippen LogP contribution in [-0.4, -0.2) is 40.7 Å². The van der Waals surface area contributed by atoms with Crippen molar-refractivity contribution in [3.63, 3.8) is 0 Å². The molecule has 1 heterocycles. The summed E-state index contributed by atoms with van der Waals surface area (Å²) in [5, 5.41) is 3.52. The highest BCUT2D eigenvalue weighted by Gasteiger charge is 2.23. The van der Waals surface area contributed by atoms with Gasteiger partial charge in [0.25, 0.3) is 10.0 Å². The standard InChI is InChI=1S/C19H24N4O3S/c20-14-1-6-17(7-2-14)27(24,25)22-16-5-8-18-19(13-16)26-12-11-23(18)10-9-21-15-3-4-15/h1-2,5-8,13,15,21-22H,3-4,9-12,20H2. The lowest BCUT2D eigenvalue weighted by atomic mass is 10.2. The van der Waals surface area contributed by atoms with Crippen molar-refractivity contribution < 1.29 is 13.2 Å². The number of anilines is 3. The molecule has 0 spiro atoms. The van der Waals surface area contributed by atoms with Crippen LogP contribution in [0.2, 0.25) is 0 Å². The lowest BCUT2D eigenvalue weighted by molar-refractivity contribution is 0.307. The third-order valence-electron chi connectivity index (χ3n) is 4.75. The van der Waals surface area contributed by atoms with Gasteiger partial charge in [-0.05, 0) is 49.2 Å². The summed E-state index contributed by atoms with van der Waals surface area (Å²) in [5.74, 6) is 0.699. The first-order chi connectivity index (χ1) is 13.0. The lowest BCUT2D eigenvalue weighted by Crippen LogP contribution is -2.38. The van der Waals surface area contributed by atoms with E-state index in [0.717, 1.165) is 25.3 Å². The van der Waals surface area contributed by atoms with Crippen LogP contribution >= 0.6 is 0 Å². The Labute approximate surface area is 159 Å². The molecule has 4 rings (SSSR count). The summed E-state index contributed by atoms with van der Waals surface area (Å²) in [6.07, 6.45) is 2.55. The maximum absolute atomic E-state index is 12.5. The number of fused-ring (bicyclic) bond motifs is 1. The van der Waals surface area contributed by atoms with Gasteiger partial charge >= 0.3 is 0 Å². The second-order valence-electron chi connectivity index (χ2n) is 6.92. The number of rotatable bonds is 7. The van der Waals surface area contributed by atoms with Gasteiger partial charge in [0.1, 0.15) is 12.4 Å². The predicted molar refractivity (Wildman–Crippen MR) is 107 cm³/mol. The number of nitrogens with two attached hydrogens (primary N) is 1. The van der Waals surface area contributed by atoms with E-state index in [1.54, 1.807) is 24.3 Å². The van der Waals surface area contributed by atoms with Gasteiger partial charge in [-0.15, -0.1) is 0 Å². The molecule has 4 N–H and O–H groups in total. The van der Waals surface area contributed by atoms with Gasteiger partial charge in [0.05, 0.1) is 22.8 Å². The summed E-state index contributed by atoms with van der Waals surface area (Å²) in [5.41, 5.74) is 7.62. The van der Waals surface area contributed by atoms with Crippen LogP contribution in [0.3, 0.4) is 0 Å². The first-order valence-corrected chi connectivity index (χ1v) is 10.6. The highest BCUT2D eigenvalue weighted by molar-refractivity contribution is 7.92. The van der Waals surface area contributed by atoms with Gasteiger partial charge in [-0.2, -0.15) is 0 Å². The molecule has 2 aliphatic rings. The van der Waals surface area contributed by atoms with Crippen LogP contribution in [0.1, 0.15) is 12.8 Å².